The van der Waals surface area contributed by atoms with E-state index in [1.165, 1.54) is 0 Å². The number of amides is 1. The molecule has 0 saturated carbocycles. The van der Waals surface area contributed by atoms with Gasteiger partial charge in [0, 0.05) is 5.69 Å². The number of nitrogens with one attached hydrogen (secondary N) is 1. The molecule has 0 atom stereocenters. The highest BCUT2D eigenvalue weighted by Gasteiger charge is 2.10. The Morgan fingerprint density at radius 3 is 2.28 bits per heavy atom. The molecule has 132 valence electrons. The van der Waals surface area contributed by atoms with Crippen LogP contribution in [0.5, 0.6) is 0 Å². The predicted octanol–water partition coefficient (Wildman–Crippen LogP) is 1.33. The summed E-state index contributed by atoms with van der Waals surface area (Å²) in [7, 11) is 0. The van der Waals surface area contributed by atoms with Crippen molar-refractivity contribution in [3.8, 4) is 0 Å². The first-order valence-electron chi connectivity index (χ1n) is 7.34. The predicted molar refractivity (Wildman–Crippen MR) is 95.0 cm³/mol. The third kappa shape index (κ3) is 5.92. The summed E-state index contributed by atoms with van der Waals surface area (Å²) in [4.78, 5) is 35.1. The lowest BCUT2D eigenvalue weighted by atomic mass is 10.2. The van der Waals surface area contributed by atoms with Crippen LogP contribution in [0.1, 0.15) is 24.2 Å². The lowest BCUT2D eigenvalue weighted by Gasteiger charge is -2.09. The molecule has 1 amide bonds. The number of anilines is 3. The van der Waals surface area contributed by atoms with Crippen molar-refractivity contribution < 1.29 is 14.3 Å². The SMILES string of the molecule is CC(C)OC(=O)c1ccc(NC(=O)CSc2nc(N)nc(N)n2)cc1. The molecular formula is C15H18N6O3S. The van der Waals surface area contributed by atoms with E-state index >= 15 is 0 Å². The van der Waals surface area contributed by atoms with Gasteiger partial charge in [-0.15, -0.1) is 0 Å². The number of rotatable bonds is 6. The van der Waals surface area contributed by atoms with Crippen molar-refractivity contribution in [2.24, 2.45) is 0 Å². The van der Waals surface area contributed by atoms with E-state index in [-0.39, 0.29) is 34.8 Å². The van der Waals surface area contributed by atoms with Gasteiger partial charge in [0.15, 0.2) is 5.16 Å². The third-order valence-electron chi connectivity index (χ3n) is 2.73. The van der Waals surface area contributed by atoms with Gasteiger partial charge in [-0.1, -0.05) is 11.8 Å². The van der Waals surface area contributed by atoms with Crippen molar-refractivity contribution in [3.63, 3.8) is 0 Å². The van der Waals surface area contributed by atoms with Gasteiger partial charge in [0.1, 0.15) is 0 Å². The van der Waals surface area contributed by atoms with Gasteiger partial charge in [0.25, 0.3) is 0 Å². The fourth-order valence-corrected chi connectivity index (χ4v) is 2.40. The fraction of sp³-hybridized carbons (Fsp3) is 0.267. The van der Waals surface area contributed by atoms with Gasteiger partial charge in [0.05, 0.1) is 17.4 Å². The molecule has 0 aliphatic heterocycles. The van der Waals surface area contributed by atoms with Crippen LogP contribution in [0.15, 0.2) is 29.4 Å². The van der Waals surface area contributed by atoms with Crippen molar-refractivity contribution in [1.29, 1.82) is 0 Å². The number of aromatic nitrogens is 3. The number of thioether (sulfide) groups is 1. The van der Waals surface area contributed by atoms with E-state index in [1.807, 2.05) is 0 Å². The Labute approximate surface area is 148 Å². The molecule has 1 aromatic carbocycles. The molecule has 0 spiro atoms. The maximum absolute atomic E-state index is 12.0. The highest BCUT2D eigenvalue weighted by molar-refractivity contribution is 7.99. The van der Waals surface area contributed by atoms with Gasteiger partial charge >= 0.3 is 5.97 Å². The second-order valence-corrected chi connectivity index (χ2v) is 6.15. The molecule has 25 heavy (non-hydrogen) atoms. The van der Waals surface area contributed by atoms with Gasteiger partial charge in [-0.2, -0.15) is 15.0 Å². The minimum Gasteiger partial charge on any atom is -0.459 e. The van der Waals surface area contributed by atoms with Gasteiger partial charge in [-0.3, -0.25) is 4.79 Å². The lowest BCUT2D eigenvalue weighted by Crippen LogP contribution is -2.15. The first-order chi connectivity index (χ1) is 11.8. The molecule has 9 nitrogen and oxygen atoms in total. The average molecular weight is 362 g/mol. The summed E-state index contributed by atoms with van der Waals surface area (Å²) in [5.41, 5.74) is 11.9. The summed E-state index contributed by atoms with van der Waals surface area (Å²) in [5.74, 6) is -0.605. The van der Waals surface area contributed by atoms with Crippen LogP contribution in [0.25, 0.3) is 0 Å². The monoisotopic (exact) mass is 362 g/mol. The van der Waals surface area contributed by atoms with E-state index in [1.54, 1.807) is 38.1 Å². The molecule has 0 aliphatic rings. The van der Waals surface area contributed by atoms with E-state index < -0.39 is 5.97 Å². The number of nitrogens with zero attached hydrogens (tertiary/aromatic N) is 3. The Kier molecular flexibility index (Phi) is 6.12. The van der Waals surface area contributed by atoms with Gasteiger partial charge < -0.3 is 21.5 Å². The van der Waals surface area contributed by atoms with E-state index in [0.717, 1.165) is 11.8 Å². The van der Waals surface area contributed by atoms with Gasteiger partial charge in [-0.25, -0.2) is 4.79 Å². The van der Waals surface area contributed by atoms with Crippen LogP contribution in [0, 0.1) is 0 Å². The second kappa shape index (κ2) is 8.29. The molecule has 0 unspecified atom stereocenters. The molecule has 2 aromatic rings. The molecule has 10 heteroatoms. The zero-order valence-corrected chi connectivity index (χ0v) is 14.5. The molecule has 0 radical (unpaired) electrons. The Morgan fingerprint density at radius 1 is 1.12 bits per heavy atom. The number of benzene rings is 1. The molecule has 0 aliphatic carbocycles. The summed E-state index contributed by atoms with van der Waals surface area (Å²) < 4.78 is 5.10. The third-order valence-corrected chi connectivity index (χ3v) is 3.58. The molecule has 0 saturated heterocycles. The van der Waals surface area contributed by atoms with Crippen LogP contribution in [0.2, 0.25) is 0 Å². The minimum atomic E-state index is -0.409. The largest absolute Gasteiger partial charge is 0.459 e. The van der Waals surface area contributed by atoms with Gasteiger partial charge in [-0.05, 0) is 38.1 Å². The Balaban J connectivity index is 1.89. The Morgan fingerprint density at radius 2 is 1.72 bits per heavy atom. The standard InChI is InChI=1S/C15H18N6O3S/c1-8(2)24-12(23)9-3-5-10(6-4-9)18-11(22)7-25-15-20-13(16)19-14(17)21-15/h3-6,8H,7H2,1-2H3,(H,18,22)(H4,16,17,19,20,21). The first-order valence-corrected chi connectivity index (χ1v) is 8.33. The fourth-order valence-electron chi connectivity index (χ4n) is 1.75. The first kappa shape index (κ1) is 18.5. The Bertz CT molecular complexity index is 746. The zero-order chi connectivity index (χ0) is 18.4. The van der Waals surface area contributed by atoms with Crippen LogP contribution >= 0.6 is 11.8 Å². The topological polar surface area (TPSA) is 146 Å². The number of hydrogen-bond donors (Lipinski definition) is 3. The molecule has 5 N–H and O–H groups in total. The van der Waals surface area contributed by atoms with Crippen LogP contribution in [-0.4, -0.2) is 38.7 Å². The molecule has 1 heterocycles. The van der Waals surface area contributed by atoms with E-state index in [2.05, 4.69) is 20.3 Å². The smallest absolute Gasteiger partial charge is 0.338 e. The van der Waals surface area contributed by atoms with Crippen LogP contribution in [-0.2, 0) is 9.53 Å². The van der Waals surface area contributed by atoms with E-state index in [0.29, 0.717) is 11.3 Å². The second-order valence-electron chi connectivity index (χ2n) is 5.20. The summed E-state index contributed by atoms with van der Waals surface area (Å²) >= 11 is 1.08. The lowest BCUT2D eigenvalue weighted by molar-refractivity contribution is -0.113. The maximum Gasteiger partial charge on any atom is 0.338 e. The van der Waals surface area contributed by atoms with Gasteiger partial charge in [0.2, 0.25) is 17.8 Å². The zero-order valence-electron chi connectivity index (χ0n) is 13.7. The van der Waals surface area contributed by atoms with E-state index in [9.17, 15) is 9.59 Å². The number of carbonyl (C=O) groups excluding carboxylic acids is 2. The minimum absolute atomic E-state index is 0.000666. The number of ether oxygens (including phenoxy) is 1. The highest BCUT2D eigenvalue weighted by atomic mass is 32.2. The van der Waals surface area contributed by atoms with E-state index in [4.69, 9.17) is 16.2 Å². The molecule has 2 rings (SSSR count). The van der Waals surface area contributed by atoms with Crippen LogP contribution < -0.4 is 16.8 Å². The molecule has 0 fully saturated rings. The number of nitrogen functional groups attached to an aromatic ring is 2. The number of esters is 1. The van der Waals surface area contributed by atoms with Crippen LogP contribution in [0.4, 0.5) is 17.6 Å². The Hall–Kier alpha value is -2.88. The summed E-state index contributed by atoms with van der Waals surface area (Å²) in [6.07, 6.45) is -0.192. The van der Waals surface area contributed by atoms with Crippen molar-refractivity contribution >= 4 is 41.2 Å². The molecule has 0 bridgehead atoms. The van der Waals surface area contributed by atoms with Crippen molar-refractivity contribution in [2.45, 2.75) is 25.1 Å². The number of carbonyl (C=O) groups is 2. The molecule has 1 aromatic heterocycles. The van der Waals surface area contributed by atoms with Crippen molar-refractivity contribution in [1.82, 2.24) is 15.0 Å². The summed E-state index contributed by atoms with van der Waals surface area (Å²) in [5, 5.41) is 2.97. The van der Waals surface area contributed by atoms with Crippen molar-refractivity contribution in [3.05, 3.63) is 29.8 Å². The summed E-state index contributed by atoms with van der Waals surface area (Å²) in [6.45, 7) is 3.55. The number of hydrogen-bond acceptors (Lipinski definition) is 9. The maximum atomic E-state index is 12.0. The molecular weight excluding hydrogens is 344 g/mol. The summed E-state index contributed by atoms with van der Waals surface area (Å²) in [6, 6.07) is 6.42. The quantitative estimate of drug-likeness (QED) is 0.511. The average Bonchev–Trinajstić information content (AvgIpc) is 2.52. The number of nitrogens with two attached hydrogens (primary N) is 2. The van der Waals surface area contributed by atoms with Crippen LogP contribution in [0.3, 0.4) is 0 Å². The normalized spacial score (nSPS) is 10.5. The van der Waals surface area contributed by atoms with Crippen molar-refractivity contribution in [2.75, 3.05) is 22.5 Å². The highest BCUT2D eigenvalue weighted by Crippen LogP contribution is 2.16.